The first-order chi connectivity index (χ1) is 9.52. The van der Waals surface area contributed by atoms with Gasteiger partial charge >= 0.3 is 0 Å². The minimum atomic E-state index is 0.0395. The Balaban J connectivity index is 2.15. The zero-order valence-electron chi connectivity index (χ0n) is 13.0. The van der Waals surface area contributed by atoms with Crippen LogP contribution < -0.4 is 5.32 Å². The number of rotatable bonds is 5. The molecular formula is C17H26N2O. The molecule has 1 amide bonds. The lowest BCUT2D eigenvalue weighted by Crippen LogP contribution is -2.34. The van der Waals surface area contributed by atoms with E-state index in [0.717, 1.165) is 13.0 Å². The molecule has 0 aliphatic carbocycles. The van der Waals surface area contributed by atoms with Crippen LogP contribution in [0.25, 0.3) is 0 Å². The van der Waals surface area contributed by atoms with E-state index in [4.69, 9.17) is 0 Å². The normalized spacial score (nSPS) is 20.8. The van der Waals surface area contributed by atoms with E-state index in [0.29, 0.717) is 18.4 Å². The lowest BCUT2D eigenvalue weighted by atomic mass is 10.0. The molecule has 2 unspecified atom stereocenters. The minimum absolute atomic E-state index is 0.0395. The summed E-state index contributed by atoms with van der Waals surface area (Å²) < 4.78 is 0. The fourth-order valence-electron chi connectivity index (χ4n) is 2.57. The van der Waals surface area contributed by atoms with Gasteiger partial charge in [0.25, 0.3) is 0 Å². The van der Waals surface area contributed by atoms with Gasteiger partial charge in [0.05, 0.1) is 6.54 Å². The third-order valence-corrected chi connectivity index (χ3v) is 4.20. The number of amides is 1. The fourth-order valence-corrected chi connectivity index (χ4v) is 2.57. The number of hydrogen-bond donors (Lipinski definition) is 1. The molecule has 0 saturated carbocycles. The zero-order valence-corrected chi connectivity index (χ0v) is 13.0. The Hall–Kier alpha value is -1.35. The number of nitrogens with one attached hydrogen (secondary N) is 1. The van der Waals surface area contributed by atoms with Gasteiger partial charge in [-0.15, -0.1) is 0 Å². The molecule has 110 valence electrons. The van der Waals surface area contributed by atoms with E-state index in [1.165, 1.54) is 11.1 Å². The fraction of sp³-hybridized carbons (Fsp3) is 0.588. The summed E-state index contributed by atoms with van der Waals surface area (Å²) in [5.74, 6) is 1.29. The van der Waals surface area contributed by atoms with Gasteiger partial charge in [0.2, 0.25) is 5.91 Å². The van der Waals surface area contributed by atoms with Crippen molar-refractivity contribution in [1.82, 2.24) is 10.2 Å². The summed E-state index contributed by atoms with van der Waals surface area (Å²) in [6, 6.07) is 8.64. The molecule has 1 heterocycles. The summed E-state index contributed by atoms with van der Waals surface area (Å²) in [5.41, 5.74) is 2.52. The van der Waals surface area contributed by atoms with Crippen molar-refractivity contribution < 1.29 is 4.79 Å². The number of hydrogen-bond acceptors (Lipinski definition) is 2. The minimum Gasteiger partial charge on any atom is -0.322 e. The van der Waals surface area contributed by atoms with Crippen LogP contribution in [0.5, 0.6) is 0 Å². The lowest BCUT2D eigenvalue weighted by Gasteiger charge is -2.27. The monoisotopic (exact) mass is 274 g/mol. The average molecular weight is 274 g/mol. The maximum absolute atomic E-state index is 12.0. The lowest BCUT2D eigenvalue weighted by molar-refractivity contribution is -0.128. The summed E-state index contributed by atoms with van der Waals surface area (Å²) >= 11 is 0. The van der Waals surface area contributed by atoms with Crippen LogP contribution in [-0.2, 0) is 4.79 Å². The third-order valence-electron chi connectivity index (χ3n) is 4.20. The molecule has 0 bridgehead atoms. The topological polar surface area (TPSA) is 32.3 Å². The highest BCUT2D eigenvalue weighted by molar-refractivity contribution is 5.81. The van der Waals surface area contributed by atoms with Crippen molar-refractivity contribution in [2.45, 2.75) is 46.2 Å². The molecule has 1 aliphatic heterocycles. The highest BCUT2D eigenvalue weighted by Crippen LogP contribution is 2.25. The van der Waals surface area contributed by atoms with Crippen LogP contribution in [0.1, 0.15) is 57.3 Å². The van der Waals surface area contributed by atoms with Gasteiger partial charge in [-0.3, -0.25) is 10.1 Å². The zero-order chi connectivity index (χ0) is 14.7. The molecule has 1 N–H and O–H groups in total. The van der Waals surface area contributed by atoms with E-state index >= 15 is 0 Å². The quantitative estimate of drug-likeness (QED) is 0.893. The van der Waals surface area contributed by atoms with Gasteiger partial charge in [-0.25, -0.2) is 0 Å². The van der Waals surface area contributed by atoms with Crippen molar-refractivity contribution in [3.63, 3.8) is 0 Å². The van der Waals surface area contributed by atoms with Crippen LogP contribution in [0, 0.1) is 5.92 Å². The van der Waals surface area contributed by atoms with Crippen LogP contribution in [0.3, 0.4) is 0 Å². The summed E-state index contributed by atoms with van der Waals surface area (Å²) in [7, 11) is 0. The Bertz CT molecular complexity index is 453. The molecule has 20 heavy (non-hydrogen) atoms. The van der Waals surface area contributed by atoms with Gasteiger partial charge in [-0.05, 0) is 23.0 Å². The van der Waals surface area contributed by atoms with Gasteiger partial charge in [0.1, 0.15) is 6.17 Å². The van der Waals surface area contributed by atoms with E-state index in [9.17, 15) is 4.79 Å². The Labute approximate surface area is 122 Å². The molecule has 3 nitrogen and oxygen atoms in total. The van der Waals surface area contributed by atoms with Crippen LogP contribution in [0.2, 0.25) is 0 Å². The standard InChI is InChI=1S/C17H26N2O/c1-5-13(4)11-19-16(20)10-18-17(19)15-8-6-14(7-9-15)12(2)3/h6-9,12-13,17-18H,5,10-11H2,1-4H3. The predicted molar refractivity (Wildman–Crippen MR) is 82.4 cm³/mol. The molecule has 1 saturated heterocycles. The second-order valence-corrected chi connectivity index (χ2v) is 6.16. The Morgan fingerprint density at radius 2 is 1.90 bits per heavy atom. The molecule has 1 aromatic rings. The van der Waals surface area contributed by atoms with Crippen molar-refractivity contribution in [2.24, 2.45) is 5.92 Å². The molecule has 2 atom stereocenters. The Kier molecular flexibility index (Phi) is 4.81. The molecule has 3 heteroatoms. The number of carbonyl (C=O) groups excluding carboxylic acids is 1. The smallest absolute Gasteiger partial charge is 0.238 e. The predicted octanol–water partition coefficient (Wildman–Crippen LogP) is 3.29. The third kappa shape index (κ3) is 3.21. The van der Waals surface area contributed by atoms with Gasteiger partial charge in [0, 0.05) is 6.54 Å². The first-order valence-electron chi connectivity index (χ1n) is 7.65. The second kappa shape index (κ2) is 6.40. The first-order valence-corrected chi connectivity index (χ1v) is 7.65. The van der Waals surface area contributed by atoms with Crippen molar-refractivity contribution in [1.29, 1.82) is 0 Å². The molecule has 1 aliphatic rings. The van der Waals surface area contributed by atoms with Crippen molar-refractivity contribution >= 4 is 5.91 Å². The Morgan fingerprint density at radius 1 is 1.25 bits per heavy atom. The van der Waals surface area contributed by atoms with Crippen molar-refractivity contribution in [3.05, 3.63) is 35.4 Å². The summed E-state index contributed by atoms with van der Waals surface area (Å²) in [4.78, 5) is 14.0. The van der Waals surface area contributed by atoms with Gasteiger partial charge in [-0.1, -0.05) is 58.4 Å². The summed E-state index contributed by atoms with van der Waals surface area (Å²) in [6.07, 6.45) is 1.14. The van der Waals surface area contributed by atoms with Crippen LogP contribution >= 0.6 is 0 Å². The maximum atomic E-state index is 12.0. The Morgan fingerprint density at radius 3 is 2.45 bits per heavy atom. The van der Waals surface area contributed by atoms with Gasteiger partial charge < -0.3 is 4.90 Å². The summed E-state index contributed by atoms with van der Waals surface area (Å²) in [6.45, 7) is 10.0. The van der Waals surface area contributed by atoms with E-state index in [-0.39, 0.29) is 12.1 Å². The molecule has 0 aromatic heterocycles. The molecule has 0 radical (unpaired) electrons. The highest BCUT2D eigenvalue weighted by Gasteiger charge is 2.31. The molecule has 2 rings (SSSR count). The highest BCUT2D eigenvalue weighted by atomic mass is 16.2. The number of nitrogens with zero attached hydrogens (tertiary/aromatic N) is 1. The van der Waals surface area contributed by atoms with Crippen molar-refractivity contribution in [3.8, 4) is 0 Å². The van der Waals surface area contributed by atoms with E-state index in [1.807, 2.05) is 4.90 Å². The van der Waals surface area contributed by atoms with Gasteiger partial charge in [-0.2, -0.15) is 0 Å². The summed E-state index contributed by atoms with van der Waals surface area (Å²) in [5, 5.41) is 3.33. The molecular weight excluding hydrogens is 248 g/mol. The molecule has 1 aromatic carbocycles. The molecule has 0 spiro atoms. The van der Waals surface area contributed by atoms with Gasteiger partial charge in [0.15, 0.2) is 0 Å². The molecule has 1 fully saturated rings. The van der Waals surface area contributed by atoms with Crippen molar-refractivity contribution in [2.75, 3.05) is 13.1 Å². The maximum Gasteiger partial charge on any atom is 0.238 e. The van der Waals surface area contributed by atoms with E-state index < -0.39 is 0 Å². The van der Waals surface area contributed by atoms with E-state index in [2.05, 4.69) is 57.3 Å². The number of carbonyl (C=O) groups is 1. The first kappa shape index (κ1) is 15.0. The SMILES string of the molecule is CCC(C)CN1C(=O)CNC1c1ccc(C(C)C)cc1. The van der Waals surface area contributed by atoms with Crippen LogP contribution in [0.4, 0.5) is 0 Å². The van der Waals surface area contributed by atoms with Crippen LogP contribution in [0.15, 0.2) is 24.3 Å². The van der Waals surface area contributed by atoms with Crippen LogP contribution in [-0.4, -0.2) is 23.9 Å². The number of benzene rings is 1. The van der Waals surface area contributed by atoms with E-state index in [1.54, 1.807) is 0 Å². The average Bonchev–Trinajstić information content (AvgIpc) is 2.80. The largest absolute Gasteiger partial charge is 0.322 e. The second-order valence-electron chi connectivity index (χ2n) is 6.16.